The van der Waals surface area contributed by atoms with Crippen LogP contribution in [0.1, 0.15) is 18.7 Å². The van der Waals surface area contributed by atoms with E-state index in [0.717, 1.165) is 27.0 Å². The van der Waals surface area contributed by atoms with Gasteiger partial charge in [0.2, 0.25) is 0 Å². The molecule has 0 saturated carbocycles. The van der Waals surface area contributed by atoms with Gasteiger partial charge in [0.1, 0.15) is 0 Å². The minimum absolute atomic E-state index is 0.555. The molecule has 0 aliphatic rings. The van der Waals surface area contributed by atoms with Crippen molar-refractivity contribution in [3.63, 3.8) is 0 Å². The van der Waals surface area contributed by atoms with Crippen molar-refractivity contribution in [1.82, 2.24) is 9.97 Å². The molecule has 0 atom stereocenters. The van der Waals surface area contributed by atoms with Crippen molar-refractivity contribution in [3.8, 4) is 0 Å². The summed E-state index contributed by atoms with van der Waals surface area (Å²) in [5.74, 6) is 0. The summed E-state index contributed by atoms with van der Waals surface area (Å²) in [5.41, 5.74) is 2.16. The lowest BCUT2D eigenvalue weighted by Gasteiger charge is -2.03. The molecular formula is C14H14ClN3S3. The number of halogens is 1. The normalized spacial score (nSPS) is 11.4. The summed E-state index contributed by atoms with van der Waals surface area (Å²) in [7, 11) is 0. The molecule has 3 nitrogen and oxygen atoms in total. The van der Waals surface area contributed by atoms with E-state index in [4.69, 9.17) is 11.6 Å². The fourth-order valence-electron chi connectivity index (χ4n) is 1.82. The maximum absolute atomic E-state index is 5.84. The highest BCUT2D eigenvalue weighted by atomic mass is 35.5. The van der Waals surface area contributed by atoms with Gasteiger partial charge in [-0.25, -0.2) is 9.97 Å². The van der Waals surface area contributed by atoms with Crippen LogP contribution in [0.3, 0.4) is 0 Å². The number of thioether (sulfide) groups is 1. The van der Waals surface area contributed by atoms with Gasteiger partial charge in [-0.1, -0.05) is 37.2 Å². The highest BCUT2D eigenvalue weighted by Crippen LogP contribution is 2.33. The monoisotopic (exact) mass is 355 g/mol. The van der Waals surface area contributed by atoms with Gasteiger partial charge in [0.15, 0.2) is 8.81 Å². The van der Waals surface area contributed by atoms with E-state index in [1.165, 1.54) is 16.0 Å². The van der Waals surface area contributed by atoms with E-state index < -0.39 is 0 Å². The second-order valence-corrected chi connectivity index (χ2v) is 9.31. The van der Waals surface area contributed by atoms with Gasteiger partial charge >= 0.3 is 0 Å². The third kappa shape index (κ3) is 3.88. The predicted octanol–water partition coefficient (Wildman–Crippen LogP) is 5.52. The molecule has 0 aliphatic carbocycles. The summed E-state index contributed by atoms with van der Waals surface area (Å²) in [4.78, 5) is 9.81. The van der Waals surface area contributed by atoms with Gasteiger partial charge in [-0.05, 0) is 18.2 Å². The molecule has 0 saturated heterocycles. The molecule has 3 rings (SSSR count). The summed E-state index contributed by atoms with van der Waals surface area (Å²) in [6.07, 6.45) is 1.81. The minimum atomic E-state index is 0.555. The van der Waals surface area contributed by atoms with Gasteiger partial charge < -0.3 is 5.32 Å². The van der Waals surface area contributed by atoms with Gasteiger partial charge in [0.25, 0.3) is 0 Å². The molecule has 2 aromatic heterocycles. The second kappa shape index (κ2) is 6.52. The van der Waals surface area contributed by atoms with Crippen molar-refractivity contribution in [3.05, 3.63) is 33.7 Å². The number of thiazole rings is 2. The number of rotatable bonds is 5. The highest BCUT2D eigenvalue weighted by Gasteiger charge is 2.07. The average molecular weight is 356 g/mol. The lowest BCUT2D eigenvalue weighted by Crippen LogP contribution is -1.96. The minimum Gasteiger partial charge on any atom is -0.380 e. The molecular weight excluding hydrogens is 342 g/mol. The van der Waals surface area contributed by atoms with Crippen molar-refractivity contribution in [2.45, 2.75) is 30.0 Å². The molecule has 0 fully saturated rings. The standard InChI is InChI=1S/C14H14ClN3S3/c1-8(2)19-14-18-11-4-3-9(5-12(11)21-14)16-6-10-7-17-13(15)20-10/h3-5,7-8,16H,6H2,1-2H3. The molecule has 21 heavy (non-hydrogen) atoms. The molecule has 110 valence electrons. The number of fused-ring (bicyclic) bond motifs is 1. The first-order valence-corrected chi connectivity index (χ1v) is 9.40. The molecule has 0 radical (unpaired) electrons. The zero-order valence-corrected chi connectivity index (χ0v) is 14.8. The number of nitrogens with one attached hydrogen (secondary N) is 1. The van der Waals surface area contributed by atoms with Crippen molar-refractivity contribution in [2.24, 2.45) is 0 Å². The summed E-state index contributed by atoms with van der Waals surface area (Å²) in [6.45, 7) is 5.11. The molecule has 1 aromatic carbocycles. The van der Waals surface area contributed by atoms with E-state index in [1.807, 2.05) is 18.0 Å². The molecule has 7 heteroatoms. The topological polar surface area (TPSA) is 37.8 Å². The summed E-state index contributed by atoms with van der Waals surface area (Å²) in [6, 6.07) is 6.28. The molecule has 0 amide bonds. The Labute approximate surface area is 140 Å². The largest absolute Gasteiger partial charge is 0.380 e. The SMILES string of the molecule is CC(C)Sc1nc2ccc(NCc3cnc(Cl)s3)cc2s1. The Morgan fingerprint density at radius 1 is 1.33 bits per heavy atom. The Kier molecular flexibility index (Phi) is 4.69. The van der Waals surface area contributed by atoms with E-state index in [2.05, 4.69) is 47.3 Å². The maximum Gasteiger partial charge on any atom is 0.183 e. The smallest absolute Gasteiger partial charge is 0.183 e. The lowest BCUT2D eigenvalue weighted by atomic mass is 10.3. The van der Waals surface area contributed by atoms with E-state index in [0.29, 0.717) is 9.72 Å². The molecule has 0 aliphatic heterocycles. The molecule has 0 unspecified atom stereocenters. The van der Waals surface area contributed by atoms with Crippen LogP contribution in [0.2, 0.25) is 4.47 Å². The van der Waals surface area contributed by atoms with Crippen LogP contribution in [-0.2, 0) is 6.54 Å². The van der Waals surface area contributed by atoms with Crippen molar-refractivity contribution in [2.75, 3.05) is 5.32 Å². The van der Waals surface area contributed by atoms with E-state index >= 15 is 0 Å². The van der Waals surface area contributed by atoms with Crippen LogP contribution in [0.4, 0.5) is 5.69 Å². The number of anilines is 1. The van der Waals surface area contributed by atoms with Crippen LogP contribution < -0.4 is 5.32 Å². The lowest BCUT2D eigenvalue weighted by molar-refractivity contribution is 1.10. The van der Waals surface area contributed by atoms with Gasteiger partial charge in [-0.2, -0.15) is 0 Å². The first-order valence-electron chi connectivity index (χ1n) is 6.51. The summed E-state index contributed by atoms with van der Waals surface area (Å²) < 4.78 is 2.93. The molecule has 0 spiro atoms. The number of hydrogen-bond acceptors (Lipinski definition) is 6. The first-order chi connectivity index (χ1) is 10.1. The average Bonchev–Trinajstić information content (AvgIpc) is 3.00. The summed E-state index contributed by atoms with van der Waals surface area (Å²) in [5, 5.41) is 3.96. The number of hydrogen-bond donors (Lipinski definition) is 1. The van der Waals surface area contributed by atoms with Crippen molar-refractivity contribution in [1.29, 1.82) is 0 Å². The van der Waals surface area contributed by atoms with Crippen LogP contribution in [0, 0.1) is 0 Å². The van der Waals surface area contributed by atoms with E-state index in [9.17, 15) is 0 Å². The Balaban J connectivity index is 1.74. The van der Waals surface area contributed by atoms with Crippen molar-refractivity contribution < 1.29 is 0 Å². The quantitative estimate of drug-likeness (QED) is 0.611. The van der Waals surface area contributed by atoms with Crippen LogP contribution in [0.5, 0.6) is 0 Å². The predicted molar refractivity (Wildman–Crippen MR) is 95.1 cm³/mol. The Hall–Kier alpha value is -0.820. The first kappa shape index (κ1) is 15.1. The molecule has 2 heterocycles. The van der Waals surface area contributed by atoms with Gasteiger partial charge in [0, 0.05) is 22.0 Å². The third-order valence-corrected chi connectivity index (χ3v) is 5.93. The molecule has 1 N–H and O–H groups in total. The third-order valence-electron chi connectivity index (χ3n) is 2.70. The Bertz CT molecular complexity index is 751. The van der Waals surface area contributed by atoms with Crippen LogP contribution in [0.15, 0.2) is 28.7 Å². The fourth-order valence-corrected chi connectivity index (χ4v) is 5.07. The zero-order chi connectivity index (χ0) is 14.8. The van der Waals surface area contributed by atoms with Gasteiger partial charge in [0.05, 0.1) is 16.8 Å². The molecule has 3 aromatic rings. The fraction of sp³-hybridized carbons (Fsp3) is 0.286. The maximum atomic E-state index is 5.84. The second-order valence-electron chi connectivity index (χ2n) is 4.76. The van der Waals surface area contributed by atoms with E-state index in [-0.39, 0.29) is 0 Å². The molecule has 0 bridgehead atoms. The summed E-state index contributed by atoms with van der Waals surface area (Å²) >= 11 is 10.9. The van der Waals surface area contributed by atoms with Gasteiger partial charge in [-0.3, -0.25) is 0 Å². The van der Waals surface area contributed by atoms with Crippen LogP contribution >= 0.6 is 46.0 Å². The van der Waals surface area contributed by atoms with Crippen molar-refractivity contribution >= 4 is 61.9 Å². The van der Waals surface area contributed by atoms with E-state index in [1.54, 1.807) is 11.3 Å². The Morgan fingerprint density at radius 2 is 2.19 bits per heavy atom. The highest BCUT2D eigenvalue weighted by molar-refractivity contribution is 8.01. The van der Waals surface area contributed by atoms with Crippen LogP contribution in [0.25, 0.3) is 10.2 Å². The Morgan fingerprint density at radius 3 is 2.90 bits per heavy atom. The number of benzene rings is 1. The van der Waals surface area contributed by atoms with Gasteiger partial charge in [-0.15, -0.1) is 22.7 Å². The van der Waals surface area contributed by atoms with Crippen LogP contribution in [-0.4, -0.2) is 15.2 Å². The number of aromatic nitrogens is 2. The number of nitrogens with zero attached hydrogens (tertiary/aromatic N) is 2. The zero-order valence-electron chi connectivity index (χ0n) is 11.6.